The first-order valence-electron chi connectivity index (χ1n) is 4.16. The van der Waals surface area contributed by atoms with Gasteiger partial charge in [-0.05, 0) is 12.2 Å². The maximum Gasteiger partial charge on any atom is 0.405 e. The number of hydrogen-bond acceptors (Lipinski definition) is 5. The van der Waals surface area contributed by atoms with Gasteiger partial charge in [-0.15, -0.1) is 0 Å². The number of ether oxygens (including phenoxy) is 1. The number of carbonyl (C=O) groups excluding carboxylic acids is 2. The molecular weight excluding hydrogens is 236 g/mol. The topological polar surface area (TPSA) is 107 Å². The van der Waals surface area contributed by atoms with Crippen LogP contribution in [0.4, 0.5) is 4.79 Å². The van der Waals surface area contributed by atoms with Crippen LogP contribution in [0.15, 0.2) is 24.4 Å². The summed E-state index contributed by atoms with van der Waals surface area (Å²) in [6.07, 6.45) is 3.40. The van der Waals surface area contributed by atoms with Crippen molar-refractivity contribution in [2.45, 2.75) is 6.10 Å². The van der Waals surface area contributed by atoms with Crippen LogP contribution in [0.25, 0.3) is 0 Å². The smallest absolute Gasteiger partial charge is 0.405 e. The molecule has 0 aromatic carbocycles. The molecule has 0 saturated heterocycles. The number of primary amides is 1. The van der Waals surface area contributed by atoms with Gasteiger partial charge in [0.2, 0.25) is 16.1 Å². The van der Waals surface area contributed by atoms with Gasteiger partial charge in [0.15, 0.2) is 0 Å². The second kappa shape index (κ2) is 4.35. The molecule has 16 heavy (non-hydrogen) atoms. The van der Waals surface area contributed by atoms with E-state index in [0.717, 1.165) is 12.5 Å². The largest absolute Gasteiger partial charge is 0.432 e. The first-order valence-corrected chi connectivity index (χ1v) is 6.01. The molecule has 2 N–H and O–H groups in total. The van der Waals surface area contributed by atoms with Crippen LogP contribution < -0.4 is 5.73 Å². The number of carbonyl (C=O) groups is 2. The van der Waals surface area contributed by atoms with Crippen LogP contribution in [0.1, 0.15) is 0 Å². The molecular formula is C8H10N2O5S. The van der Waals surface area contributed by atoms with Crippen LogP contribution in [-0.4, -0.2) is 37.1 Å². The Hall–Kier alpha value is -1.83. The predicted molar refractivity (Wildman–Crippen MR) is 54.4 cm³/mol. The zero-order chi connectivity index (χ0) is 12.3. The Morgan fingerprint density at radius 2 is 2.12 bits per heavy atom. The fraction of sp³-hybridized carbons (Fsp3) is 0.250. The summed E-state index contributed by atoms with van der Waals surface area (Å²) in [7, 11) is -3.74. The van der Waals surface area contributed by atoms with E-state index < -0.39 is 28.1 Å². The van der Waals surface area contributed by atoms with E-state index in [1.165, 1.54) is 18.2 Å². The van der Waals surface area contributed by atoms with E-state index >= 15 is 0 Å². The minimum Gasteiger partial charge on any atom is -0.432 e. The molecule has 0 unspecified atom stereocenters. The summed E-state index contributed by atoms with van der Waals surface area (Å²) in [4.78, 5) is 22.1. The van der Waals surface area contributed by atoms with Crippen molar-refractivity contribution in [3.05, 3.63) is 24.4 Å². The van der Waals surface area contributed by atoms with Crippen LogP contribution in [-0.2, 0) is 19.6 Å². The minimum absolute atomic E-state index is 0.487. The average Bonchev–Trinajstić information content (AvgIpc) is 2.27. The van der Waals surface area contributed by atoms with Crippen LogP contribution in [0, 0.1) is 0 Å². The number of nitrogens with two attached hydrogens (primary N) is 1. The molecule has 1 atom stereocenters. The van der Waals surface area contributed by atoms with Crippen LogP contribution in [0.2, 0.25) is 0 Å². The highest BCUT2D eigenvalue weighted by atomic mass is 32.2. The lowest BCUT2D eigenvalue weighted by molar-refractivity contribution is -0.131. The van der Waals surface area contributed by atoms with Gasteiger partial charge in [0.25, 0.3) is 5.91 Å². The lowest BCUT2D eigenvalue weighted by Crippen LogP contribution is -2.40. The Morgan fingerprint density at radius 1 is 1.50 bits per heavy atom. The van der Waals surface area contributed by atoms with Crippen LogP contribution in [0.5, 0.6) is 0 Å². The van der Waals surface area contributed by atoms with E-state index in [1.807, 2.05) is 0 Å². The summed E-state index contributed by atoms with van der Waals surface area (Å²) in [6, 6.07) is 0. The summed E-state index contributed by atoms with van der Waals surface area (Å²) in [6.45, 7) is 0. The third kappa shape index (κ3) is 2.83. The van der Waals surface area contributed by atoms with Crippen molar-refractivity contribution in [3.63, 3.8) is 0 Å². The van der Waals surface area contributed by atoms with Crippen molar-refractivity contribution in [3.8, 4) is 0 Å². The van der Waals surface area contributed by atoms with E-state index in [-0.39, 0.29) is 0 Å². The lowest BCUT2D eigenvalue weighted by atomic mass is 10.3. The Morgan fingerprint density at radius 3 is 2.62 bits per heavy atom. The molecule has 0 spiro atoms. The number of hydrogen-bond donors (Lipinski definition) is 1. The third-order valence-electron chi connectivity index (χ3n) is 1.68. The Kier molecular flexibility index (Phi) is 3.33. The highest BCUT2D eigenvalue weighted by Crippen LogP contribution is 2.10. The molecule has 1 aliphatic rings. The fourth-order valence-electron chi connectivity index (χ4n) is 1.06. The first kappa shape index (κ1) is 12.2. The van der Waals surface area contributed by atoms with Crippen molar-refractivity contribution < 1.29 is 22.7 Å². The number of amides is 2. The highest BCUT2D eigenvalue weighted by molar-refractivity contribution is 7.89. The van der Waals surface area contributed by atoms with E-state index in [0.29, 0.717) is 4.31 Å². The molecule has 88 valence electrons. The number of sulfonamides is 1. The van der Waals surface area contributed by atoms with Gasteiger partial charge in [-0.25, -0.2) is 17.5 Å². The molecule has 1 rings (SSSR count). The average molecular weight is 246 g/mol. The maximum absolute atomic E-state index is 11.6. The maximum atomic E-state index is 11.6. The molecule has 1 heterocycles. The van der Waals surface area contributed by atoms with Crippen LogP contribution in [0.3, 0.4) is 0 Å². The molecule has 0 saturated carbocycles. The molecule has 8 heteroatoms. The van der Waals surface area contributed by atoms with E-state index in [2.05, 4.69) is 4.74 Å². The number of rotatable bonds is 2. The normalized spacial score (nSPS) is 20.7. The molecule has 0 aromatic heterocycles. The molecule has 0 radical (unpaired) electrons. The monoisotopic (exact) mass is 246 g/mol. The molecule has 0 aromatic rings. The van der Waals surface area contributed by atoms with Gasteiger partial charge in [-0.3, -0.25) is 4.79 Å². The Bertz CT molecular complexity index is 465. The molecule has 0 bridgehead atoms. The summed E-state index contributed by atoms with van der Waals surface area (Å²) >= 11 is 0. The molecule has 7 nitrogen and oxygen atoms in total. The Labute approximate surface area is 92.2 Å². The van der Waals surface area contributed by atoms with Crippen molar-refractivity contribution >= 4 is 22.0 Å². The third-order valence-corrected chi connectivity index (χ3v) is 2.70. The van der Waals surface area contributed by atoms with Crippen molar-refractivity contribution in [1.82, 2.24) is 4.31 Å². The van der Waals surface area contributed by atoms with Gasteiger partial charge >= 0.3 is 6.09 Å². The summed E-state index contributed by atoms with van der Waals surface area (Å²) in [5.41, 5.74) is 4.76. The molecule has 1 aliphatic heterocycles. The summed E-state index contributed by atoms with van der Waals surface area (Å²) in [5.74, 6) is -0.897. The molecule has 2 amide bonds. The van der Waals surface area contributed by atoms with Gasteiger partial charge in [0.05, 0.1) is 6.26 Å². The summed E-state index contributed by atoms with van der Waals surface area (Å²) < 4.78 is 27.4. The van der Waals surface area contributed by atoms with E-state index in [9.17, 15) is 18.0 Å². The van der Waals surface area contributed by atoms with Crippen LogP contribution >= 0.6 is 0 Å². The minimum atomic E-state index is -3.74. The van der Waals surface area contributed by atoms with Crippen molar-refractivity contribution in [1.29, 1.82) is 0 Å². The second-order valence-electron chi connectivity index (χ2n) is 2.98. The van der Waals surface area contributed by atoms with Gasteiger partial charge in [0, 0.05) is 6.20 Å². The van der Waals surface area contributed by atoms with Gasteiger partial charge < -0.3 is 10.5 Å². The SMILES string of the molecule is CS(=O)(=O)N1C=CC=C[C@@H](OC(N)=O)C1=O. The second-order valence-corrected chi connectivity index (χ2v) is 4.84. The van der Waals surface area contributed by atoms with E-state index in [1.54, 1.807) is 0 Å². The predicted octanol–water partition coefficient (Wildman–Crippen LogP) is -0.678. The Balaban J connectivity index is 3.01. The number of nitrogens with zero attached hydrogens (tertiary/aromatic N) is 1. The highest BCUT2D eigenvalue weighted by Gasteiger charge is 2.30. The van der Waals surface area contributed by atoms with Gasteiger partial charge in [-0.1, -0.05) is 6.08 Å². The number of allylic oxidation sites excluding steroid dienone is 2. The lowest BCUT2D eigenvalue weighted by Gasteiger charge is -2.18. The first-order chi connectivity index (χ1) is 7.32. The zero-order valence-corrected chi connectivity index (χ0v) is 9.18. The van der Waals surface area contributed by atoms with Crippen molar-refractivity contribution in [2.75, 3.05) is 6.26 Å². The fourth-order valence-corrected chi connectivity index (χ4v) is 1.79. The van der Waals surface area contributed by atoms with Gasteiger partial charge in [0.1, 0.15) is 0 Å². The van der Waals surface area contributed by atoms with Crippen molar-refractivity contribution in [2.24, 2.45) is 5.73 Å². The standard InChI is InChI=1S/C8H10N2O5S/c1-16(13,14)10-5-3-2-4-6(7(10)11)15-8(9)12/h2-6H,1H3,(H2,9,12)/t6-/m1/s1. The summed E-state index contributed by atoms with van der Waals surface area (Å²) in [5, 5.41) is 0. The molecule has 0 aliphatic carbocycles. The zero-order valence-electron chi connectivity index (χ0n) is 8.36. The quantitative estimate of drug-likeness (QED) is 0.694. The van der Waals surface area contributed by atoms with Gasteiger partial charge in [-0.2, -0.15) is 0 Å². The molecule has 0 fully saturated rings. The van der Waals surface area contributed by atoms with E-state index in [4.69, 9.17) is 5.73 Å².